The SMILES string of the molecule is CC(C)(C)OC(=O)N1CCN(c2ncnc3c(F)c(-c4c(O)cccc4F)c(Cl)cc23)CC1. The molecule has 0 bridgehead atoms. The summed E-state index contributed by atoms with van der Waals surface area (Å²) >= 11 is 6.36. The Bertz CT molecular complexity index is 1200. The molecule has 1 fully saturated rings. The van der Waals surface area contributed by atoms with Crippen molar-refractivity contribution in [2.75, 3.05) is 31.1 Å². The summed E-state index contributed by atoms with van der Waals surface area (Å²) in [4.78, 5) is 24.2. The number of rotatable bonds is 2. The number of carbonyl (C=O) groups is 1. The largest absolute Gasteiger partial charge is 0.507 e. The van der Waals surface area contributed by atoms with Gasteiger partial charge in [-0.15, -0.1) is 0 Å². The van der Waals surface area contributed by atoms with Gasteiger partial charge in [-0.1, -0.05) is 17.7 Å². The normalized spacial score (nSPS) is 14.6. The Morgan fingerprint density at radius 2 is 1.82 bits per heavy atom. The maximum Gasteiger partial charge on any atom is 0.410 e. The van der Waals surface area contributed by atoms with E-state index in [9.17, 15) is 14.3 Å². The summed E-state index contributed by atoms with van der Waals surface area (Å²) in [6.45, 7) is 7.11. The fraction of sp³-hybridized carbons (Fsp3) is 0.348. The minimum atomic E-state index is -0.853. The van der Waals surface area contributed by atoms with E-state index in [0.717, 1.165) is 6.07 Å². The number of aromatic hydroxyl groups is 1. The highest BCUT2D eigenvalue weighted by atomic mass is 35.5. The molecule has 33 heavy (non-hydrogen) atoms. The lowest BCUT2D eigenvalue weighted by Gasteiger charge is -2.36. The molecule has 1 aromatic heterocycles. The number of benzene rings is 2. The summed E-state index contributed by atoms with van der Waals surface area (Å²) in [6.07, 6.45) is 0.831. The molecular formula is C23H23ClF2N4O3. The second-order valence-corrected chi connectivity index (χ2v) is 9.14. The van der Waals surface area contributed by atoms with Crippen LogP contribution in [-0.2, 0) is 4.74 Å². The maximum atomic E-state index is 15.5. The monoisotopic (exact) mass is 476 g/mol. The van der Waals surface area contributed by atoms with Crippen LogP contribution >= 0.6 is 11.6 Å². The first-order chi connectivity index (χ1) is 15.6. The van der Waals surface area contributed by atoms with E-state index in [0.29, 0.717) is 37.4 Å². The number of anilines is 1. The fourth-order valence-corrected chi connectivity index (χ4v) is 4.07. The molecule has 1 aliphatic rings. The standard InChI is InChI=1S/C23H23ClF2N4O3/c1-23(2,3)33-22(32)30-9-7-29(8-10-30)21-13-11-14(24)17(19(26)20(13)27-12-28-21)18-15(25)5-4-6-16(18)31/h4-6,11-12,31H,7-10H2,1-3H3. The van der Waals surface area contributed by atoms with Crippen LogP contribution in [0.5, 0.6) is 5.75 Å². The third kappa shape index (κ3) is 4.50. The van der Waals surface area contributed by atoms with Crippen molar-refractivity contribution in [1.82, 2.24) is 14.9 Å². The zero-order valence-corrected chi connectivity index (χ0v) is 19.2. The first kappa shape index (κ1) is 23.0. The molecule has 1 amide bonds. The van der Waals surface area contributed by atoms with Gasteiger partial charge in [0.25, 0.3) is 0 Å². The van der Waals surface area contributed by atoms with Crippen molar-refractivity contribution in [2.24, 2.45) is 0 Å². The number of fused-ring (bicyclic) bond motifs is 1. The molecule has 1 saturated heterocycles. The van der Waals surface area contributed by atoms with E-state index in [4.69, 9.17) is 16.3 Å². The number of phenolic OH excluding ortho intramolecular Hbond substituents is 1. The van der Waals surface area contributed by atoms with Crippen molar-refractivity contribution in [3.63, 3.8) is 0 Å². The molecule has 174 valence electrons. The van der Waals surface area contributed by atoms with Crippen LogP contribution in [0.1, 0.15) is 20.8 Å². The molecule has 0 spiro atoms. The highest BCUT2D eigenvalue weighted by Crippen LogP contribution is 2.42. The molecule has 10 heteroatoms. The molecule has 1 aliphatic heterocycles. The van der Waals surface area contributed by atoms with Gasteiger partial charge in [0, 0.05) is 37.1 Å². The molecule has 3 aromatic rings. The second kappa shape index (κ2) is 8.62. The molecule has 0 saturated carbocycles. The Morgan fingerprint density at radius 1 is 1.12 bits per heavy atom. The van der Waals surface area contributed by atoms with Gasteiger partial charge in [0.2, 0.25) is 0 Å². The molecule has 7 nitrogen and oxygen atoms in total. The van der Waals surface area contributed by atoms with Crippen LogP contribution in [0.25, 0.3) is 22.0 Å². The Kier molecular flexibility index (Phi) is 6.00. The van der Waals surface area contributed by atoms with E-state index in [1.54, 1.807) is 4.90 Å². The zero-order valence-electron chi connectivity index (χ0n) is 18.4. The average Bonchev–Trinajstić information content (AvgIpc) is 2.74. The number of carbonyl (C=O) groups excluding carboxylic acids is 1. The van der Waals surface area contributed by atoms with Gasteiger partial charge in [-0.2, -0.15) is 0 Å². The number of piperazine rings is 1. The second-order valence-electron chi connectivity index (χ2n) is 8.73. The van der Waals surface area contributed by atoms with Gasteiger partial charge in [-0.25, -0.2) is 23.5 Å². The van der Waals surface area contributed by atoms with E-state index in [2.05, 4.69) is 9.97 Å². The predicted molar refractivity (Wildman–Crippen MR) is 122 cm³/mol. The summed E-state index contributed by atoms with van der Waals surface area (Å²) in [5.74, 6) is -1.63. The highest BCUT2D eigenvalue weighted by molar-refractivity contribution is 6.34. The third-order valence-corrected chi connectivity index (χ3v) is 5.57. The summed E-state index contributed by atoms with van der Waals surface area (Å²) in [5.41, 5.74) is -1.22. The number of hydrogen-bond acceptors (Lipinski definition) is 6. The van der Waals surface area contributed by atoms with Crippen molar-refractivity contribution in [3.8, 4) is 16.9 Å². The van der Waals surface area contributed by atoms with E-state index >= 15 is 4.39 Å². The number of amides is 1. The molecule has 0 aliphatic carbocycles. The Hall–Kier alpha value is -3.20. The van der Waals surface area contributed by atoms with E-state index in [1.807, 2.05) is 25.7 Å². The average molecular weight is 477 g/mol. The number of phenols is 1. The summed E-state index contributed by atoms with van der Waals surface area (Å²) in [5, 5.41) is 10.4. The quantitative estimate of drug-likeness (QED) is 0.561. The Morgan fingerprint density at radius 3 is 2.45 bits per heavy atom. The Labute approximate surface area is 194 Å². The molecule has 1 N–H and O–H groups in total. The molecule has 0 unspecified atom stereocenters. The summed E-state index contributed by atoms with van der Waals surface area (Å²) < 4.78 is 35.3. The molecule has 2 heterocycles. The lowest BCUT2D eigenvalue weighted by Crippen LogP contribution is -2.50. The number of halogens is 3. The minimum Gasteiger partial charge on any atom is -0.507 e. The van der Waals surface area contributed by atoms with Crippen LogP contribution in [0, 0.1) is 11.6 Å². The number of aromatic nitrogens is 2. The first-order valence-corrected chi connectivity index (χ1v) is 10.8. The third-order valence-electron chi connectivity index (χ3n) is 5.27. The van der Waals surface area contributed by atoms with Gasteiger partial charge in [0.05, 0.1) is 10.6 Å². The van der Waals surface area contributed by atoms with Crippen molar-refractivity contribution >= 4 is 34.4 Å². The topological polar surface area (TPSA) is 78.8 Å². The van der Waals surface area contributed by atoms with Gasteiger partial charge in [-0.05, 0) is 39.0 Å². The predicted octanol–water partition coefficient (Wildman–Crippen LogP) is 4.99. The van der Waals surface area contributed by atoms with Gasteiger partial charge in [-0.3, -0.25) is 0 Å². The maximum absolute atomic E-state index is 15.5. The van der Waals surface area contributed by atoms with Crippen molar-refractivity contribution in [1.29, 1.82) is 0 Å². The van der Waals surface area contributed by atoms with Crippen LogP contribution in [-0.4, -0.2) is 57.8 Å². The van der Waals surface area contributed by atoms with Crippen LogP contribution in [0.2, 0.25) is 5.02 Å². The molecule has 4 rings (SSSR count). The smallest absolute Gasteiger partial charge is 0.410 e. The number of ether oxygens (including phenoxy) is 1. The molecule has 0 atom stereocenters. The van der Waals surface area contributed by atoms with Crippen molar-refractivity contribution < 1.29 is 23.4 Å². The van der Waals surface area contributed by atoms with E-state index < -0.39 is 29.1 Å². The van der Waals surface area contributed by atoms with Crippen LogP contribution in [0.4, 0.5) is 19.4 Å². The van der Waals surface area contributed by atoms with Crippen LogP contribution in [0.3, 0.4) is 0 Å². The summed E-state index contributed by atoms with van der Waals surface area (Å²) in [6, 6.07) is 5.16. The van der Waals surface area contributed by atoms with Crippen molar-refractivity contribution in [2.45, 2.75) is 26.4 Å². The van der Waals surface area contributed by atoms with Crippen LogP contribution in [0.15, 0.2) is 30.6 Å². The molecule has 0 radical (unpaired) electrons. The van der Waals surface area contributed by atoms with E-state index in [1.165, 1.54) is 24.5 Å². The lowest BCUT2D eigenvalue weighted by molar-refractivity contribution is 0.0240. The van der Waals surface area contributed by atoms with Gasteiger partial charge in [0.1, 0.15) is 34.8 Å². The highest BCUT2D eigenvalue weighted by Gasteiger charge is 2.28. The number of nitrogens with zero attached hydrogens (tertiary/aromatic N) is 4. The summed E-state index contributed by atoms with van der Waals surface area (Å²) in [7, 11) is 0. The van der Waals surface area contributed by atoms with Gasteiger partial charge in [0.15, 0.2) is 5.82 Å². The van der Waals surface area contributed by atoms with Crippen LogP contribution < -0.4 is 4.90 Å². The first-order valence-electron chi connectivity index (χ1n) is 10.4. The minimum absolute atomic E-state index is 0.0448. The molecular weight excluding hydrogens is 454 g/mol. The zero-order chi connectivity index (χ0) is 23.9. The lowest BCUT2D eigenvalue weighted by atomic mass is 10.0. The Balaban J connectivity index is 1.67. The molecule has 2 aromatic carbocycles. The van der Waals surface area contributed by atoms with E-state index in [-0.39, 0.29) is 21.7 Å². The van der Waals surface area contributed by atoms with Crippen molar-refractivity contribution in [3.05, 3.63) is 47.2 Å². The van der Waals surface area contributed by atoms with Gasteiger partial charge < -0.3 is 19.6 Å². The fourth-order valence-electron chi connectivity index (χ4n) is 3.78. The van der Waals surface area contributed by atoms with Gasteiger partial charge >= 0.3 is 6.09 Å². The number of hydrogen-bond donors (Lipinski definition) is 1.